The van der Waals surface area contributed by atoms with E-state index in [0.717, 1.165) is 16.8 Å². The molecule has 1 aliphatic rings. The number of aliphatic imine (C=N–C) groups is 1. The second kappa shape index (κ2) is 5.61. The summed E-state index contributed by atoms with van der Waals surface area (Å²) in [6.07, 6.45) is 3.01. The quantitative estimate of drug-likeness (QED) is 0.797. The molecule has 0 atom stereocenters. The molecule has 23 heavy (non-hydrogen) atoms. The molecule has 3 aromatic rings. The maximum absolute atomic E-state index is 14.0. The molecule has 0 bridgehead atoms. The Balaban J connectivity index is 1.67. The predicted molar refractivity (Wildman–Crippen MR) is 88.4 cm³/mol. The first-order valence-electron chi connectivity index (χ1n) is 7.27. The number of anilines is 2. The van der Waals surface area contributed by atoms with Crippen molar-refractivity contribution in [2.24, 2.45) is 4.99 Å². The van der Waals surface area contributed by atoms with Gasteiger partial charge < -0.3 is 5.32 Å². The van der Waals surface area contributed by atoms with Crippen molar-refractivity contribution in [1.82, 2.24) is 9.97 Å². The number of fused-ring (bicyclic) bond motifs is 1. The van der Waals surface area contributed by atoms with E-state index in [-0.39, 0.29) is 5.82 Å². The first kappa shape index (κ1) is 13.6. The average molecular weight is 304 g/mol. The molecule has 0 saturated heterocycles. The lowest BCUT2D eigenvalue weighted by Gasteiger charge is -2.09. The Morgan fingerprint density at radius 2 is 1.91 bits per heavy atom. The van der Waals surface area contributed by atoms with Crippen LogP contribution in [0.5, 0.6) is 0 Å². The molecular formula is C18H13FN4. The van der Waals surface area contributed by atoms with Crippen molar-refractivity contribution in [1.29, 1.82) is 0 Å². The monoisotopic (exact) mass is 304 g/mol. The third-order valence-corrected chi connectivity index (χ3v) is 3.68. The van der Waals surface area contributed by atoms with Crippen LogP contribution >= 0.6 is 0 Å². The maximum atomic E-state index is 14.0. The number of hydrogen-bond donors (Lipinski definition) is 1. The number of nitrogens with zero attached hydrogens (tertiary/aromatic N) is 3. The molecule has 112 valence electrons. The van der Waals surface area contributed by atoms with E-state index in [4.69, 9.17) is 0 Å². The van der Waals surface area contributed by atoms with E-state index in [0.29, 0.717) is 12.4 Å². The van der Waals surface area contributed by atoms with Gasteiger partial charge in [0.15, 0.2) is 17.5 Å². The molecule has 1 aromatic heterocycles. The van der Waals surface area contributed by atoms with Crippen molar-refractivity contribution >= 4 is 17.7 Å². The maximum Gasteiger partial charge on any atom is 0.184 e. The molecule has 1 N–H and O–H groups in total. The lowest BCUT2D eigenvalue weighted by Crippen LogP contribution is -2.01. The molecule has 0 saturated carbocycles. The molecule has 2 aromatic carbocycles. The van der Waals surface area contributed by atoms with Crippen LogP contribution < -0.4 is 5.32 Å². The Kier molecular flexibility index (Phi) is 3.31. The molecular weight excluding hydrogens is 291 g/mol. The molecule has 5 heteroatoms. The lowest BCUT2D eigenvalue weighted by molar-refractivity contribution is 0.619. The average Bonchev–Trinajstić information content (AvgIpc) is 3.05. The Labute approximate surface area is 132 Å². The number of rotatable bonds is 3. The zero-order chi connectivity index (χ0) is 15.6. The van der Waals surface area contributed by atoms with Crippen molar-refractivity contribution in [3.63, 3.8) is 0 Å². The van der Waals surface area contributed by atoms with Crippen molar-refractivity contribution in [2.75, 3.05) is 5.32 Å². The van der Waals surface area contributed by atoms with Crippen LogP contribution in [0, 0.1) is 5.82 Å². The summed E-state index contributed by atoms with van der Waals surface area (Å²) in [5.41, 5.74) is 3.83. The fourth-order valence-electron chi connectivity index (χ4n) is 2.50. The van der Waals surface area contributed by atoms with Gasteiger partial charge in [0.2, 0.25) is 0 Å². The molecule has 0 unspecified atom stereocenters. The van der Waals surface area contributed by atoms with Gasteiger partial charge in [-0.2, -0.15) is 0 Å². The smallest absolute Gasteiger partial charge is 0.184 e. The normalized spacial score (nSPS) is 12.2. The van der Waals surface area contributed by atoms with E-state index in [1.165, 1.54) is 11.8 Å². The summed E-state index contributed by atoms with van der Waals surface area (Å²) >= 11 is 0. The first-order chi connectivity index (χ1) is 11.3. The standard InChI is InChI=1S/C18H13FN4/c19-16-11-21-17(12-4-2-1-3-5-12)23-18(16)22-15-7-6-13-9-20-10-14(13)8-15/h1-8,10-11H,9H2,(H,21,22,23). The highest BCUT2D eigenvalue weighted by Crippen LogP contribution is 2.24. The van der Waals surface area contributed by atoms with Crippen LogP contribution in [0.3, 0.4) is 0 Å². The van der Waals surface area contributed by atoms with Gasteiger partial charge in [0.1, 0.15) is 0 Å². The number of aromatic nitrogens is 2. The van der Waals surface area contributed by atoms with Gasteiger partial charge in [0.25, 0.3) is 0 Å². The Hall–Kier alpha value is -3.08. The second-order valence-electron chi connectivity index (χ2n) is 5.26. The topological polar surface area (TPSA) is 50.2 Å². The third kappa shape index (κ3) is 2.68. The van der Waals surface area contributed by atoms with Gasteiger partial charge in [-0.3, -0.25) is 4.99 Å². The highest BCUT2D eigenvalue weighted by Gasteiger charge is 2.11. The lowest BCUT2D eigenvalue weighted by atomic mass is 10.1. The Bertz CT molecular complexity index is 891. The second-order valence-corrected chi connectivity index (χ2v) is 5.26. The molecule has 0 aliphatic carbocycles. The number of nitrogens with one attached hydrogen (secondary N) is 1. The molecule has 0 spiro atoms. The summed E-state index contributed by atoms with van der Waals surface area (Å²) < 4.78 is 14.0. The van der Waals surface area contributed by atoms with E-state index in [1.807, 2.05) is 54.7 Å². The highest BCUT2D eigenvalue weighted by molar-refractivity contribution is 5.86. The number of halogens is 1. The summed E-state index contributed by atoms with van der Waals surface area (Å²) in [6.45, 7) is 0.704. The predicted octanol–water partition coefficient (Wildman–Crippen LogP) is 3.96. The summed E-state index contributed by atoms with van der Waals surface area (Å²) in [6, 6.07) is 15.3. The van der Waals surface area contributed by atoms with E-state index in [9.17, 15) is 4.39 Å². The van der Waals surface area contributed by atoms with Gasteiger partial charge in [-0.1, -0.05) is 36.4 Å². The van der Waals surface area contributed by atoms with Crippen molar-refractivity contribution < 1.29 is 4.39 Å². The van der Waals surface area contributed by atoms with E-state index >= 15 is 0 Å². The van der Waals surface area contributed by atoms with Crippen LogP contribution in [0.4, 0.5) is 15.9 Å². The summed E-state index contributed by atoms with van der Waals surface area (Å²) in [7, 11) is 0. The Morgan fingerprint density at radius 3 is 2.78 bits per heavy atom. The van der Waals surface area contributed by atoms with Gasteiger partial charge in [0.05, 0.1) is 12.7 Å². The Morgan fingerprint density at radius 1 is 1.04 bits per heavy atom. The van der Waals surface area contributed by atoms with E-state index in [1.54, 1.807) is 0 Å². The number of benzene rings is 2. The van der Waals surface area contributed by atoms with E-state index < -0.39 is 5.82 Å². The van der Waals surface area contributed by atoms with Crippen LogP contribution in [0.25, 0.3) is 11.4 Å². The fraction of sp³-hybridized carbons (Fsp3) is 0.0556. The molecule has 1 aliphatic heterocycles. The minimum Gasteiger partial charge on any atom is -0.338 e. The van der Waals surface area contributed by atoms with Gasteiger partial charge in [-0.05, 0) is 23.3 Å². The first-order valence-corrected chi connectivity index (χ1v) is 7.27. The van der Waals surface area contributed by atoms with Crippen molar-refractivity contribution in [3.05, 3.63) is 71.7 Å². The number of hydrogen-bond acceptors (Lipinski definition) is 4. The van der Waals surface area contributed by atoms with Gasteiger partial charge in [-0.25, -0.2) is 14.4 Å². The van der Waals surface area contributed by atoms with Crippen molar-refractivity contribution in [3.8, 4) is 11.4 Å². The minimum atomic E-state index is -0.487. The van der Waals surface area contributed by atoms with Gasteiger partial charge >= 0.3 is 0 Å². The van der Waals surface area contributed by atoms with Crippen molar-refractivity contribution in [2.45, 2.75) is 6.54 Å². The van der Waals surface area contributed by atoms with Crippen LogP contribution in [0.1, 0.15) is 11.1 Å². The summed E-state index contributed by atoms with van der Waals surface area (Å²) in [5.74, 6) is 0.157. The largest absolute Gasteiger partial charge is 0.338 e. The summed E-state index contributed by atoms with van der Waals surface area (Å²) in [4.78, 5) is 12.6. The molecule has 0 radical (unpaired) electrons. The molecule has 2 heterocycles. The highest BCUT2D eigenvalue weighted by atomic mass is 19.1. The SMILES string of the molecule is Fc1cnc(-c2ccccc2)nc1Nc1ccc2c(c1)C=NC2. The molecule has 0 fully saturated rings. The third-order valence-electron chi connectivity index (χ3n) is 3.68. The molecule has 4 rings (SSSR count). The van der Waals surface area contributed by atoms with Gasteiger partial charge in [0, 0.05) is 17.5 Å². The zero-order valence-corrected chi connectivity index (χ0v) is 12.2. The molecule has 0 amide bonds. The van der Waals surface area contributed by atoms with E-state index in [2.05, 4.69) is 20.3 Å². The van der Waals surface area contributed by atoms with Crippen LogP contribution in [0.15, 0.2) is 59.7 Å². The zero-order valence-electron chi connectivity index (χ0n) is 12.2. The van der Waals surface area contributed by atoms with Crippen LogP contribution in [0.2, 0.25) is 0 Å². The van der Waals surface area contributed by atoms with Gasteiger partial charge in [-0.15, -0.1) is 0 Å². The summed E-state index contributed by atoms with van der Waals surface area (Å²) in [5, 5.41) is 3.02. The minimum absolute atomic E-state index is 0.161. The van der Waals surface area contributed by atoms with Crippen LogP contribution in [-0.2, 0) is 6.54 Å². The van der Waals surface area contributed by atoms with Crippen LogP contribution in [-0.4, -0.2) is 16.2 Å². The fourth-order valence-corrected chi connectivity index (χ4v) is 2.50. The molecule has 4 nitrogen and oxygen atoms in total.